The van der Waals surface area contributed by atoms with Crippen LogP contribution >= 0.6 is 11.8 Å². The molecule has 7 heteroatoms. The first-order chi connectivity index (χ1) is 12.6. The van der Waals surface area contributed by atoms with Gasteiger partial charge < -0.3 is 9.74 Å². The molecule has 1 fully saturated rings. The van der Waals surface area contributed by atoms with Crippen molar-refractivity contribution in [3.63, 3.8) is 0 Å². The summed E-state index contributed by atoms with van der Waals surface area (Å²) < 4.78 is 0. The number of benzene rings is 2. The molecule has 0 atom stereocenters. The number of imide groups is 1. The third-order valence-electron chi connectivity index (χ3n) is 4.27. The average Bonchev–Trinajstić information content (AvgIpc) is 2.97. The highest BCUT2D eigenvalue weighted by atomic mass is 32.2. The molecule has 0 radical (unpaired) electrons. The average molecular weight is 368 g/mol. The Bertz CT molecular complexity index is 837. The Labute approximate surface area is 154 Å². The molecule has 0 saturated carbocycles. The number of anilines is 2. The predicted octanol–water partition coefficient (Wildman–Crippen LogP) is 3.29. The van der Waals surface area contributed by atoms with Crippen LogP contribution in [0, 0.1) is 0 Å². The van der Waals surface area contributed by atoms with Gasteiger partial charge in [-0.3, -0.25) is 9.59 Å². The summed E-state index contributed by atoms with van der Waals surface area (Å²) in [6, 6.07) is 16.0. The van der Waals surface area contributed by atoms with Crippen LogP contribution in [0.2, 0.25) is 0 Å². The molecule has 2 aromatic rings. The molecule has 132 valence electrons. The highest BCUT2D eigenvalue weighted by Gasteiger charge is 2.33. The van der Waals surface area contributed by atoms with E-state index in [1.165, 1.54) is 0 Å². The summed E-state index contributed by atoms with van der Waals surface area (Å²) in [7, 11) is 0. The lowest BCUT2D eigenvalue weighted by Crippen LogP contribution is -2.33. The fourth-order valence-electron chi connectivity index (χ4n) is 3.03. The molecule has 6 nitrogen and oxygen atoms in total. The van der Waals surface area contributed by atoms with Crippen molar-refractivity contribution in [3.8, 4) is 0 Å². The molecule has 0 N–H and O–H groups in total. The molecule has 2 aliphatic heterocycles. The summed E-state index contributed by atoms with van der Waals surface area (Å²) in [6.45, 7) is 0.393. The van der Waals surface area contributed by atoms with E-state index < -0.39 is 17.8 Å². The van der Waals surface area contributed by atoms with Crippen molar-refractivity contribution >= 4 is 40.9 Å². The quantitative estimate of drug-likeness (QED) is 0.772. The van der Waals surface area contributed by atoms with Crippen molar-refractivity contribution in [3.05, 3.63) is 48.5 Å². The Morgan fingerprint density at radius 2 is 1.46 bits per heavy atom. The molecule has 0 aromatic heterocycles. The number of rotatable bonds is 4. The summed E-state index contributed by atoms with van der Waals surface area (Å²) in [4.78, 5) is 44.6. The Kier molecular flexibility index (Phi) is 4.38. The highest BCUT2D eigenvalue weighted by Crippen LogP contribution is 2.47. The number of nitrogens with zero attached hydrogens (tertiary/aromatic N) is 2. The summed E-state index contributed by atoms with van der Waals surface area (Å²) in [5, 5.41) is 0.594. The van der Waals surface area contributed by atoms with Gasteiger partial charge in [0.15, 0.2) is 0 Å². The molecule has 2 aliphatic rings. The van der Waals surface area contributed by atoms with Crippen LogP contribution in [0.25, 0.3) is 0 Å². The van der Waals surface area contributed by atoms with Crippen molar-refractivity contribution < 1.29 is 19.2 Å². The SMILES string of the molecule is O=C(CCN1c2ccccc2Sc2ccccc21)ON1C(=O)CCC1=O. The number of para-hydroxylation sites is 2. The Balaban J connectivity index is 1.50. The molecule has 2 heterocycles. The molecule has 2 amide bonds. The standard InChI is InChI=1S/C19H16N2O4S/c22-17-9-10-18(23)21(17)25-19(24)11-12-20-13-5-1-3-7-15(13)26-16-8-4-2-6-14(16)20/h1-8H,9-12H2. The van der Waals surface area contributed by atoms with Crippen LogP contribution in [-0.2, 0) is 19.2 Å². The van der Waals surface area contributed by atoms with Crippen molar-refractivity contribution in [2.45, 2.75) is 29.1 Å². The van der Waals surface area contributed by atoms with Crippen molar-refractivity contribution in [1.82, 2.24) is 5.06 Å². The third kappa shape index (κ3) is 3.06. The minimum Gasteiger partial charge on any atom is -0.339 e. The van der Waals surface area contributed by atoms with Gasteiger partial charge in [0.1, 0.15) is 0 Å². The fraction of sp³-hybridized carbons (Fsp3) is 0.211. The van der Waals surface area contributed by atoms with Gasteiger partial charge >= 0.3 is 5.97 Å². The monoisotopic (exact) mass is 368 g/mol. The number of hydrogen-bond donors (Lipinski definition) is 0. The molecule has 0 spiro atoms. The van der Waals surface area contributed by atoms with E-state index in [1.807, 2.05) is 48.5 Å². The first kappa shape index (κ1) is 16.7. The second-order valence-electron chi connectivity index (χ2n) is 5.98. The van der Waals surface area contributed by atoms with E-state index in [1.54, 1.807) is 11.8 Å². The topological polar surface area (TPSA) is 66.9 Å². The van der Waals surface area contributed by atoms with E-state index in [4.69, 9.17) is 4.84 Å². The maximum atomic E-state index is 12.2. The molecule has 26 heavy (non-hydrogen) atoms. The van der Waals surface area contributed by atoms with Crippen LogP contribution in [0.15, 0.2) is 58.3 Å². The smallest absolute Gasteiger partial charge is 0.335 e. The zero-order chi connectivity index (χ0) is 18.1. The van der Waals surface area contributed by atoms with E-state index in [2.05, 4.69) is 4.90 Å². The van der Waals surface area contributed by atoms with Crippen molar-refractivity contribution in [2.75, 3.05) is 11.4 Å². The first-order valence-electron chi connectivity index (χ1n) is 8.33. The number of carbonyl (C=O) groups is 3. The third-order valence-corrected chi connectivity index (χ3v) is 5.40. The summed E-state index contributed by atoms with van der Waals surface area (Å²) in [6.07, 6.45) is 0.247. The zero-order valence-electron chi connectivity index (χ0n) is 13.9. The van der Waals surface area contributed by atoms with Gasteiger partial charge in [0, 0.05) is 29.2 Å². The lowest BCUT2D eigenvalue weighted by atomic mass is 10.2. The Morgan fingerprint density at radius 1 is 0.923 bits per heavy atom. The van der Waals surface area contributed by atoms with Gasteiger partial charge in [-0.05, 0) is 24.3 Å². The van der Waals surface area contributed by atoms with Crippen LogP contribution in [0.4, 0.5) is 11.4 Å². The minimum atomic E-state index is -0.596. The minimum absolute atomic E-state index is 0.0599. The molecule has 4 rings (SSSR count). The molecular formula is C19H16N2O4S. The number of hydrogen-bond acceptors (Lipinski definition) is 6. The molecule has 0 aliphatic carbocycles. The first-order valence-corrected chi connectivity index (χ1v) is 9.15. The number of hydroxylamine groups is 2. The summed E-state index contributed by atoms with van der Waals surface area (Å²) in [5.41, 5.74) is 2.05. The van der Waals surface area contributed by atoms with Gasteiger partial charge in [0.2, 0.25) is 0 Å². The number of fused-ring (bicyclic) bond motifs is 2. The van der Waals surface area contributed by atoms with Gasteiger partial charge in [-0.1, -0.05) is 36.0 Å². The van der Waals surface area contributed by atoms with E-state index >= 15 is 0 Å². The second kappa shape index (κ2) is 6.84. The van der Waals surface area contributed by atoms with Gasteiger partial charge in [-0.2, -0.15) is 0 Å². The van der Waals surface area contributed by atoms with Crippen molar-refractivity contribution in [1.29, 1.82) is 0 Å². The van der Waals surface area contributed by atoms with Crippen LogP contribution in [-0.4, -0.2) is 29.4 Å². The largest absolute Gasteiger partial charge is 0.339 e. The lowest BCUT2D eigenvalue weighted by Gasteiger charge is -2.32. The Hall–Kier alpha value is -2.80. The molecule has 1 saturated heterocycles. The van der Waals surface area contributed by atoms with Crippen molar-refractivity contribution in [2.24, 2.45) is 0 Å². The van der Waals surface area contributed by atoms with E-state index in [0.717, 1.165) is 21.2 Å². The van der Waals surface area contributed by atoms with E-state index in [9.17, 15) is 14.4 Å². The van der Waals surface area contributed by atoms with Gasteiger partial charge in [0.25, 0.3) is 11.8 Å². The van der Waals surface area contributed by atoms with Crippen LogP contribution < -0.4 is 4.90 Å². The lowest BCUT2D eigenvalue weighted by molar-refractivity contribution is -0.197. The van der Waals surface area contributed by atoms with Crippen LogP contribution in [0.1, 0.15) is 19.3 Å². The van der Waals surface area contributed by atoms with Gasteiger partial charge in [-0.15, -0.1) is 5.06 Å². The normalized spacial score (nSPS) is 15.7. The molecule has 2 aromatic carbocycles. The fourth-order valence-corrected chi connectivity index (χ4v) is 4.13. The Morgan fingerprint density at radius 3 is 2.04 bits per heavy atom. The van der Waals surface area contributed by atoms with Gasteiger partial charge in [-0.25, -0.2) is 4.79 Å². The zero-order valence-corrected chi connectivity index (χ0v) is 14.7. The highest BCUT2D eigenvalue weighted by molar-refractivity contribution is 7.99. The molecule has 0 bridgehead atoms. The second-order valence-corrected chi connectivity index (χ2v) is 7.07. The maximum Gasteiger partial charge on any atom is 0.335 e. The van der Waals surface area contributed by atoms with E-state index in [-0.39, 0.29) is 19.3 Å². The van der Waals surface area contributed by atoms with E-state index in [0.29, 0.717) is 11.6 Å². The number of carbonyl (C=O) groups excluding carboxylic acids is 3. The van der Waals surface area contributed by atoms with Crippen LogP contribution in [0.3, 0.4) is 0 Å². The summed E-state index contributed by atoms with van der Waals surface area (Å²) >= 11 is 1.69. The molecule has 0 unspecified atom stereocenters. The van der Waals surface area contributed by atoms with Gasteiger partial charge in [0.05, 0.1) is 17.8 Å². The maximum absolute atomic E-state index is 12.2. The predicted molar refractivity (Wildman–Crippen MR) is 95.8 cm³/mol. The number of amides is 2. The summed E-state index contributed by atoms with van der Waals surface area (Å²) in [5.74, 6) is -1.52. The van der Waals surface area contributed by atoms with Crippen LogP contribution in [0.5, 0.6) is 0 Å². The molecular weight excluding hydrogens is 352 g/mol.